The molecule has 1 spiro atoms. The summed E-state index contributed by atoms with van der Waals surface area (Å²) in [6, 6.07) is 6.78. The number of benzene rings is 1. The van der Waals surface area contributed by atoms with Gasteiger partial charge in [0.15, 0.2) is 0 Å². The van der Waals surface area contributed by atoms with Gasteiger partial charge in [-0.05, 0) is 51.5 Å². The van der Waals surface area contributed by atoms with Crippen molar-refractivity contribution in [1.82, 2.24) is 15.1 Å². The first-order chi connectivity index (χ1) is 21.4. The Hall–Kier alpha value is -3.50. The van der Waals surface area contributed by atoms with Gasteiger partial charge < -0.3 is 29.7 Å². The van der Waals surface area contributed by atoms with E-state index in [-0.39, 0.29) is 49.3 Å². The number of carbonyl (C=O) groups excluding carboxylic acids is 4. The summed E-state index contributed by atoms with van der Waals surface area (Å²) in [6.07, 6.45) is 3.58. The number of carbonyl (C=O) groups is 4. The van der Waals surface area contributed by atoms with Crippen molar-refractivity contribution in [3.05, 3.63) is 61.2 Å². The number of allylic oxidation sites excluding steroid dienone is 1. The monoisotopic (exact) mass is 623 g/mol. The second kappa shape index (κ2) is 14.3. The van der Waals surface area contributed by atoms with Crippen molar-refractivity contribution in [1.29, 1.82) is 0 Å². The standard InChI is InChI=1S/C35H49N3O7/c1-8-10-16-27(40)36-23(7)30(24-14-12-11-13-15-24)44-34(43)28-26-17-18-35(45-26)29(28)32(41)38(25(20-39)21(3)4)31(35)33(42)37(19-9-2)22(5)6/h8-9,11-15,21-23,25-26,28-31,39H,1-2,10,16-20H2,3-7H3,(H,36,40)/t23-,25-,26-,28+,29+,30-,31-,35+/m0/s1. The molecule has 3 amide bonds. The topological polar surface area (TPSA) is 125 Å². The Morgan fingerprint density at radius 2 is 1.84 bits per heavy atom. The van der Waals surface area contributed by atoms with E-state index in [0.717, 1.165) is 0 Å². The molecule has 3 heterocycles. The van der Waals surface area contributed by atoms with Crippen LogP contribution in [0.4, 0.5) is 0 Å². The Balaban J connectivity index is 1.70. The van der Waals surface area contributed by atoms with E-state index in [1.165, 1.54) is 4.90 Å². The van der Waals surface area contributed by atoms with Crippen LogP contribution in [-0.4, -0.2) is 87.6 Å². The molecular weight excluding hydrogens is 574 g/mol. The van der Waals surface area contributed by atoms with Gasteiger partial charge in [0.25, 0.3) is 0 Å². The smallest absolute Gasteiger partial charge is 0.313 e. The molecule has 4 rings (SSSR count). The van der Waals surface area contributed by atoms with Gasteiger partial charge >= 0.3 is 5.97 Å². The second-order valence-corrected chi connectivity index (χ2v) is 13.1. The van der Waals surface area contributed by atoms with E-state index in [1.54, 1.807) is 24.0 Å². The van der Waals surface area contributed by atoms with Crippen LogP contribution in [0.5, 0.6) is 0 Å². The lowest BCUT2D eigenvalue weighted by Gasteiger charge is -2.41. The van der Waals surface area contributed by atoms with Gasteiger partial charge in [-0.2, -0.15) is 0 Å². The zero-order chi connectivity index (χ0) is 33.1. The van der Waals surface area contributed by atoms with Crippen LogP contribution in [0.1, 0.15) is 72.0 Å². The number of fused-ring (bicyclic) bond motifs is 1. The number of hydrogen-bond acceptors (Lipinski definition) is 7. The number of likely N-dealkylation sites (tertiary alicyclic amines) is 1. The molecule has 1 aromatic carbocycles. The Labute approximate surface area is 266 Å². The number of amides is 3. The summed E-state index contributed by atoms with van der Waals surface area (Å²) in [5.74, 6) is -3.51. The summed E-state index contributed by atoms with van der Waals surface area (Å²) in [5, 5.41) is 13.4. The van der Waals surface area contributed by atoms with E-state index in [0.29, 0.717) is 24.8 Å². The first kappa shape index (κ1) is 34.4. The number of aliphatic hydroxyl groups is 1. The van der Waals surface area contributed by atoms with Crippen molar-refractivity contribution in [3.8, 4) is 0 Å². The first-order valence-electron chi connectivity index (χ1n) is 16.1. The van der Waals surface area contributed by atoms with E-state index < -0.39 is 53.7 Å². The summed E-state index contributed by atoms with van der Waals surface area (Å²) < 4.78 is 12.8. The number of rotatable bonds is 15. The highest BCUT2D eigenvalue weighted by molar-refractivity contribution is 5.98. The normalized spacial score (nSPS) is 27.2. The molecule has 3 fully saturated rings. The number of hydrogen-bond donors (Lipinski definition) is 2. The molecule has 8 atom stereocenters. The van der Waals surface area contributed by atoms with E-state index in [9.17, 15) is 24.3 Å². The maximum Gasteiger partial charge on any atom is 0.313 e. The van der Waals surface area contributed by atoms with Gasteiger partial charge in [0.2, 0.25) is 17.7 Å². The van der Waals surface area contributed by atoms with Crippen molar-refractivity contribution < 1.29 is 33.8 Å². The SMILES string of the molecule is C=CCCC(=O)N[C@@H](C)[C@H](OC(=O)[C@@H]1[C@@H]2CC[C@]3(O2)[C@H](C(=O)N(CC=C)C(C)C)N([C@@H](CO)C(C)C)C(=O)[C@@H]13)c1ccccc1. The van der Waals surface area contributed by atoms with Crippen LogP contribution < -0.4 is 5.32 Å². The highest BCUT2D eigenvalue weighted by atomic mass is 16.6. The van der Waals surface area contributed by atoms with Gasteiger partial charge in [0.05, 0.1) is 36.6 Å². The third-order valence-electron chi connectivity index (χ3n) is 9.58. The Bertz CT molecular complexity index is 1270. The first-order valence-corrected chi connectivity index (χ1v) is 16.1. The lowest BCUT2D eigenvalue weighted by molar-refractivity contribution is -0.163. The fraction of sp³-hybridized carbons (Fsp3) is 0.600. The van der Waals surface area contributed by atoms with Gasteiger partial charge in [-0.25, -0.2) is 0 Å². The van der Waals surface area contributed by atoms with Crippen molar-refractivity contribution >= 4 is 23.7 Å². The quantitative estimate of drug-likeness (QED) is 0.226. The lowest BCUT2D eigenvalue weighted by Crippen LogP contribution is -2.60. The molecule has 0 unspecified atom stereocenters. The summed E-state index contributed by atoms with van der Waals surface area (Å²) in [7, 11) is 0. The predicted molar refractivity (Wildman–Crippen MR) is 170 cm³/mol. The number of esters is 1. The number of ether oxygens (including phenoxy) is 2. The predicted octanol–water partition coefficient (Wildman–Crippen LogP) is 3.56. The number of nitrogens with one attached hydrogen (secondary N) is 1. The van der Waals surface area contributed by atoms with Crippen LogP contribution in [0.15, 0.2) is 55.6 Å². The molecule has 3 saturated heterocycles. The molecule has 1 aromatic rings. The van der Waals surface area contributed by atoms with Gasteiger partial charge in [-0.1, -0.05) is 56.3 Å². The zero-order valence-electron chi connectivity index (χ0n) is 27.2. The largest absolute Gasteiger partial charge is 0.455 e. The minimum atomic E-state index is -1.23. The van der Waals surface area contributed by atoms with Gasteiger partial charge in [0, 0.05) is 19.0 Å². The van der Waals surface area contributed by atoms with Crippen molar-refractivity contribution in [2.24, 2.45) is 17.8 Å². The molecule has 2 bridgehead atoms. The molecular formula is C35H49N3O7. The molecule has 0 aromatic heterocycles. The summed E-state index contributed by atoms with van der Waals surface area (Å²) >= 11 is 0. The van der Waals surface area contributed by atoms with Crippen molar-refractivity contribution in [2.45, 2.75) is 102 Å². The van der Waals surface area contributed by atoms with Crippen molar-refractivity contribution in [2.75, 3.05) is 13.2 Å². The molecule has 0 radical (unpaired) electrons. The zero-order valence-corrected chi connectivity index (χ0v) is 27.2. The molecule has 10 nitrogen and oxygen atoms in total. The molecule has 246 valence electrons. The Morgan fingerprint density at radius 1 is 1.16 bits per heavy atom. The molecule has 2 N–H and O–H groups in total. The maximum absolute atomic E-state index is 14.5. The average Bonchev–Trinajstić information content (AvgIpc) is 3.65. The molecule has 0 saturated carbocycles. The van der Waals surface area contributed by atoms with E-state index >= 15 is 0 Å². The van der Waals surface area contributed by atoms with E-state index in [2.05, 4.69) is 18.5 Å². The fourth-order valence-corrected chi connectivity index (χ4v) is 7.41. The Morgan fingerprint density at radius 3 is 2.42 bits per heavy atom. The minimum Gasteiger partial charge on any atom is -0.455 e. The van der Waals surface area contributed by atoms with Crippen LogP contribution in [0.25, 0.3) is 0 Å². The Kier molecular flexibility index (Phi) is 10.9. The highest BCUT2D eigenvalue weighted by Gasteiger charge is 2.76. The summed E-state index contributed by atoms with van der Waals surface area (Å²) in [5.41, 5.74) is -0.530. The summed E-state index contributed by atoms with van der Waals surface area (Å²) in [4.78, 5) is 58.8. The molecule has 3 aliphatic heterocycles. The summed E-state index contributed by atoms with van der Waals surface area (Å²) in [6.45, 7) is 16.8. The number of aliphatic hydroxyl groups excluding tert-OH is 1. The molecule has 10 heteroatoms. The van der Waals surface area contributed by atoms with Crippen LogP contribution in [0.2, 0.25) is 0 Å². The van der Waals surface area contributed by atoms with E-state index in [1.807, 2.05) is 58.0 Å². The second-order valence-electron chi connectivity index (χ2n) is 13.1. The lowest BCUT2D eigenvalue weighted by atomic mass is 9.70. The van der Waals surface area contributed by atoms with Gasteiger partial charge in [-0.3, -0.25) is 19.2 Å². The van der Waals surface area contributed by atoms with Crippen LogP contribution in [0.3, 0.4) is 0 Å². The molecule has 3 aliphatic rings. The average molecular weight is 624 g/mol. The maximum atomic E-state index is 14.5. The van der Waals surface area contributed by atoms with Crippen LogP contribution >= 0.6 is 0 Å². The van der Waals surface area contributed by atoms with Crippen molar-refractivity contribution in [3.63, 3.8) is 0 Å². The minimum absolute atomic E-state index is 0.160. The number of nitrogens with zero attached hydrogens (tertiary/aromatic N) is 2. The molecule has 0 aliphatic carbocycles. The van der Waals surface area contributed by atoms with E-state index in [4.69, 9.17) is 9.47 Å². The third kappa shape index (κ3) is 6.45. The fourth-order valence-electron chi connectivity index (χ4n) is 7.41. The van der Waals surface area contributed by atoms with Crippen LogP contribution in [0, 0.1) is 17.8 Å². The third-order valence-corrected chi connectivity index (χ3v) is 9.58. The van der Waals surface area contributed by atoms with Gasteiger partial charge in [-0.15, -0.1) is 13.2 Å². The van der Waals surface area contributed by atoms with Gasteiger partial charge in [0.1, 0.15) is 17.7 Å². The highest BCUT2D eigenvalue weighted by Crippen LogP contribution is 2.59. The van der Waals surface area contributed by atoms with Crippen LogP contribution in [-0.2, 0) is 28.7 Å². The molecule has 45 heavy (non-hydrogen) atoms.